The number of para-hydroxylation sites is 1. The van der Waals surface area contributed by atoms with Gasteiger partial charge in [0.25, 0.3) is 5.91 Å². The van der Waals surface area contributed by atoms with Crippen LogP contribution in [-0.2, 0) is 0 Å². The number of hydrogen-bond donors (Lipinski definition) is 0. The minimum Gasteiger partial charge on any atom is -0.450 e. The van der Waals surface area contributed by atoms with Crippen molar-refractivity contribution in [2.24, 2.45) is 0 Å². The number of carbonyl (C=O) groups excluding carboxylic acids is 1. The molecule has 0 radical (unpaired) electrons. The molecule has 0 N–H and O–H groups in total. The fourth-order valence-corrected chi connectivity index (χ4v) is 3.75. The standard InChI is InChI=1S/C22H21FN2O3/c1-24(2)12-5-13-25-19(14-8-10-15(23)11-9-14)18-20(26)16-6-3-4-7-17(16)28-21(18)22(25)27/h3-4,6-11,19H,5,12-13H2,1-2H3/t19-/m0/s1. The molecule has 28 heavy (non-hydrogen) atoms. The van der Waals surface area contributed by atoms with E-state index in [2.05, 4.69) is 0 Å². The first-order valence-electron chi connectivity index (χ1n) is 9.24. The monoisotopic (exact) mass is 380 g/mol. The van der Waals surface area contributed by atoms with E-state index in [9.17, 15) is 14.0 Å². The van der Waals surface area contributed by atoms with Gasteiger partial charge in [-0.15, -0.1) is 0 Å². The predicted octanol–water partition coefficient (Wildman–Crippen LogP) is 3.43. The Labute approximate surface area is 162 Å². The highest BCUT2D eigenvalue weighted by Crippen LogP contribution is 2.38. The Kier molecular flexibility index (Phi) is 4.73. The highest BCUT2D eigenvalue weighted by molar-refractivity contribution is 5.99. The average Bonchev–Trinajstić information content (AvgIpc) is 2.95. The summed E-state index contributed by atoms with van der Waals surface area (Å²) in [6, 6.07) is 12.3. The van der Waals surface area contributed by atoms with Gasteiger partial charge in [0.05, 0.1) is 17.0 Å². The first-order valence-corrected chi connectivity index (χ1v) is 9.24. The van der Waals surface area contributed by atoms with E-state index in [1.54, 1.807) is 41.3 Å². The van der Waals surface area contributed by atoms with Crippen LogP contribution < -0.4 is 5.43 Å². The highest BCUT2D eigenvalue weighted by atomic mass is 19.1. The van der Waals surface area contributed by atoms with Gasteiger partial charge >= 0.3 is 0 Å². The Hall–Kier alpha value is -2.99. The van der Waals surface area contributed by atoms with Gasteiger partial charge in [-0.05, 0) is 56.9 Å². The Morgan fingerprint density at radius 1 is 1.07 bits per heavy atom. The largest absolute Gasteiger partial charge is 0.450 e. The molecule has 1 amide bonds. The average molecular weight is 380 g/mol. The fourth-order valence-electron chi connectivity index (χ4n) is 3.75. The molecule has 5 nitrogen and oxygen atoms in total. The molecule has 6 heteroatoms. The third-order valence-electron chi connectivity index (χ3n) is 5.06. The van der Waals surface area contributed by atoms with E-state index < -0.39 is 6.04 Å². The van der Waals surface area contributed by atoms with Crippen LogP contribution in [0.25, 0.3) is 11.0 Å². The van der Waals surface area contributed by atoms with Crippen LogP contribution in [0.4, 0.5) is 4.39 Å². The van der Waals surface area contributed by atoms with Crippen molar-refractivity contribution in [3.05, 3.63) is 81.5 Å². The van der Waals surface area contributed by atoms with Crippen LogP contribution in [0.15, 0.2) is 57.7 Å². The van der Waals surface area contributed by atoms with Gasteiger partial charge in [-0.2, -0.15) is 0 Å². The first-order chi connectivity index (χ1) is 13.5. The van der Waals surface area contributed by atoms with E-state index in [-0.39, 0.29) is 22.9 Å². The van der Waals surface area contributed by atoms with Gasteiger partial charge in [0.15, 0.2) is 5.43 Å². The van der Waals surface area contributed by atoms with Crippen LogP contribution in [0, 0.1) is 5.82 Å². The molecule has 0 saturated heterocycles. The van der Waals surface area contributed by atoms with Gasteiger partial charge in [-0.3, -0.25) is 9.59 Å². The predicted molar refractivity (Wildman–Crippen MR) is 105 cm³/mol. The molecule has 0 bridgehead atoms. The first kappa shape index (κ1) is 18.4. The van der Waals surface area contributed by atoms with E-state index in [1.165, 1.54) is 12.1 Å². The normalized spacial score (nSPS) is 16.2. The number of nitrogens with zero attached hydrogens (tertiary/aromatic N) is 2. The summed E-state index contributed by atoms with van der Waals surface area (Å²) in [5, 5.41) is 0.441. The molecule has 0 unspecified atom stereocenters. The zero-order valence-corrected chi connectivity index (χ0v) is 15.8. The zero-order chi connectivity index (χ0) is 19.8. The minimum absolute atomic E-state index is 0.0860. The summed E-state index contributed by atoms with van der Waals surface area (Å²) in [6.07, 6.45) is 0.748. The lowest BCUT2D eigenvalue weighted by Crippen LogP contribution is -2.32. The molecule has 1 aromatic heterocycles. The lowest BCUT2D eigenvalue weighted by Gasteiger charge is -2.25. The summed E-state index contributed by atoms with van der Waals surface area (Å²) in [5.74, 6) is -0.577. The van der Waals surface area contributed by atoms with Gasteiger partial charge in [0.2, 0.25) is 5.76 Å². The van der Waals surface area contributed by atoms with Crippen LogP contribution in [0.3, 0.4) is 0 Å². The van der Waals surface area contributed by atoms with Crippen molar-refractivity contribution in [3.8, 4) is 0 Å². The van der Waals surface area contributed by atoms with Crippen LogP contribution in [0.1, 0.15) is 34.1 Å². The molecule has 4 rings (SSSR count). The summed E-state index contributed by atoms with van der Waals surface area (Å²) in [5.41, 5.74) is 1.21. The van der Waals surface area contributed by atoms with Crippen LogP contribution in [0.2, 0.25) is 0 Å². The highest BCUT2D eigenvalue weighted by Gasteiger charge is 2.42. The molecule has 144 valence electrons. The van der Waals surface area contributed by atoms with E-state index in [1.807, 2.05) is 19.0 Å². The van der Waals surface area contributed by atoms with Crippen molar-refractivity contribution < 1.29 is 13.6 Å². The number of benzene rings is 2. The summed E-state index contributed by atoms with van der Waals surface area (Å²) in [4.78, 5) is 30.0. The minimum atomic E-state index is -0.578. The SMILES string of the molecule is CN(C)CCCN1C(=O)c2oc3ccccc3c(=O)c2[C@@H]1c1ccc(F)cc1. The van der Waals surface area contributed by atoms with Crippen LogP contribution in [-0.4, -0.2) is 42.9 Å². The molecule has 0 saturated carbocycles. The number of rotatable bonds is 5. The third-order valence-corrected chi connectivity index (χ3v) is 5.06. The Morgan fingerprint density at radius 2 is 1.79 bits per heavy atom. The Bertz CT molecular complexity index is 1090. The number of hydrogen-bond acceptors (Lipinski definition) is 4. The Balaban J connectivity index is 1.86. The molecule has 1 aliphatic heterocycles. The number of carbonyl (C=O) groups is 1. The number of amides is 1. The molecule has 2 heterocycles. The molecule has 0 fully saturated rings. The Morgan fingerprint density at radius 3 is 2.50 bits per heavy atom. The second-order valence-electron chi connectivity index (χ2n) is 7.28. The lowest BCUT2D eigenvalue weighted by molar-refractivity contribution is 0.0722. The quantitative estimate of drug-likeness (QED) is 0.681. The summed E-state index contributed by atoms with van der Waals surface area (Å²) < 4.78 is 19.3. The second-order valence-corrected chi connectivity index (χ2v) is 7.28. The fraction of sp³-hybridized carbons (Fsp3) is 0.273. The van der Waals surface area contributed by atoms with E-state index in [0.29, 0.717) is 28.6 Å². The summed E-state index contributed by atoms with van der Waals surface area (Å²) >= 11 is 0. The van der Waals surface area contributed by atoms with Gasteiger partial charge in [-0.25, -0.2) is 4.39 Å². The van der Waals surface area contributed by atoms with Gasteiger partial charge in [0, 0.05) is 6.54 Å². The molecule has 0 aliphatic carbocycles. The molecule has 1 aliphatic rings. The molecular weight excluding hydrogens is 359 g/mol. The maximum atomic E-state index is 13.5. The van der Waals surface area contributed by atoms with Crippen molar-refractivity contribution >= 4 is 16.9 Å². The molecule has 2 aromatic carbocycles. The van der Waals surface area contributed by atoms with Crippen molar-refractivity contribution in [3.63, 3.8) is 0 Å². The van der Waals surface area contributed by atoms with Crippen molar-refractivity contribution in [1.82, 2.24) is 9.80 Å². The molecule has 1 atom stereocenters. The van der Waals surface area contributed by atoms with E-state index in [0.717, 1.165) is 13.0 Å². The topological polar surface area (TPSA) is 53.8 Å². The molecular formula is C22H21FN2O3. The van der Waals surface area contributed by atoms with Gasteiger partial charge < -0.3 is 14.2 Å². The zero-order valence-electron chi connectivity index (χ0n) is 15.8. The maximum Gasteiger partial charge on any atom is 0.290 e. The molecule has 3 aromatic rings. The van der Waals surface area contributed by atoms with Gasteiger partial charge in [-0.1, -0.05) is 24.3 Å². The third kappa shape index (κ3) is 3.10. The molecule has 0 spiro atoms. The number of fused-ring (bicyclic) bond motifs is 2. The smallest absolute Gasteiger partial charge is 0.290 e. The summed E-state index contributed by atoms with van der Waals surface area (Å²) in [7, 11) is 3.94. The van der Waals surface area contributed by atoms with Crippen molar-refractivity contribution in [1.29, 1.82) is 0 Å². The van der Waals surface area contributed by atoms with Crippen LogP contribution in [0.5, 0.6) is 0 Å². The number of halogens is 1. The van der Waals surface area contributed by atoms with Crippen LogP contribution >= 0.6 is 0 Å². The van der Waals surface area contributed by atoms with E-state index >= 15 is 0 Å². The lowest BCUT2D eigenvalue weighted by atomic mass is 9.98. The summed E-state index contributed by atoms with van der Waals surface area (Å²) in [6.45, 7) is 1.28. The van der Waals surface area contributed by atoms with E-state index in [4.69, 9.17) is 4.42 Å². The maximum absolute atomic E-state index is 13.5. The second kappa shape index (κ2) is 7.20. The van der Waals surface area contributed by atoms with Gasteiger partial charge in [0.1, 0.15) is 11.4 Å². The van der Waals surface area contributed by atoms with Crippen molar-refractivity contribution in [2.45, 2.75) is 12.5 Å². The van der Waals surface area contributed by atoms with Crippen molar-refractivity contribution in [2.75, 3.05) is 27.2 Å².